The second kappa shape index (κ2) is 3.57. The van der Waals surface area contributed by atoms with Gasteiger partial charge < -0.3 is 0 Å². The second-order valence-electron chi connectivity index (χ2n) is 3.94. The zero-order valence-corrected chi connectivity index (χ0v) is 9.88. The van der Waals surface area contributed by atoms with Gasteiger partial charge in [0.05, 0.1) is 4.90 Å². The highest BCUT2D eigenvalue weighted by atomic mass is 32.2. The number of hydrogen-bond donors (Lipinski definition) is 1. The van der Waals surface area contributed by atoms with Crippen molar-refractivity contribution in [2.24, 2.45) is 0 Å². The smallest absolute Gasteiger partial charge is 0.282 e. The van der Waals surface area contributed by atoms with Crippen molar-refractivity contribution in [2.75, 3.05) is 0 Å². The van der Waals surface area contributed by atoms with Crippen LogP contribution in [0.15, 0.2) is 35.2 Å². The van der Waals surface area contributed by atoms with Crippen molar-refractivity contribution in [3.05, 3.63) is 41.5 Å². The first kappa shape index (κ1) is 11.1. The molecule has 4 heteroatoms. The van der Waals surface area contributed by atoms with E-state index in [1.807, 2.05) is 26.0 Å². The van der Waals surface area contributed by atoms with Gasteiger partial charge in [-0.05, 0) is 42.3 Å². The van der Waals surface area contributed by atoms with Gasteiger partial charge >= 0.3 is 0 Å². The first-order valence-electron chi connectivity index (χ1n) is 4.86. The summed E-state index contributed by atoms with van der Waals surface area (Å²) in [6.45, 7) is 3.91. The Hall–Kier alpha value is -1.39. The van der Waals surface area contributed by atoms with E-state index in [0.717, 1.165) is 21.9 Å². The SMILES string of the molecule is Cc1cc(C)c2cc(S(=O)(=O)O)ccc2c1. The molecule has 2 aromatic rings. The summed E-state index contributed by atoms with van der Waals surface area (Å²) in [5.41, 5.74) is 2.13. The molecule has 0 atom stereocenters. The van der Waals surface area contributed by atoms with E-state index in [2.05, 4.69) is 0 Å². The van der Waals surface area contributed by atoms with Crippen LogP contribution >= 0.6 is 0 Å². The zero-order valence-electron chi connectivity index (χ0n) is 9.06. The number of aryl methyl sites for hydroxylation is 2. The van der Waals surface area contributed by atoms with Crippen LogP contribution < -0.4 is 0 Å². The third-order valence-electron chi connectivity index (χ3n) is 2.57. The number of rotatable bonds is 1. The van der Waals surface area contributed by atoms with Gasteiger partial charge in [0.1, 0.15) is 0 Å². The molecule has 0 bridgehead atoms. The minimum Gasteiger partial charge on any atom is -0.282 e. The highest BCUT2D eigenvalue weighted by molar-refractivity contribution is 7.85. The fourth-order valence-corrected chi connectivity index (χ4v) is 2.38. The fraction of sp³-hybridized carbons (Fsp3) is 0.167. The average molecular weight is 236 g/mol. The van der Waals surface area contributed by atoms with Crippen LogP contribution in [-0.2, 0) is 10.1 Å². The summed E-state index contributed by atoms with van der Waals surface area (Å²) in [4.78, 5) is -0.0630. The molecule has 0 amide bonds. The van der Waals surface area contributed by atoms with Gasteiger partial charge in [-0.25, -0.2) is 0 Å². The molecule has 0 spiro atoms. The zero-order chi connectivity index (χ0) is 11.9. The lowest BCUT2D eigenvalue weighted by molar-refractivity contribution is 0.483. The van der Waals surface area contributed by atoms with Crippen LogP contribution in [0.3, 0.4) is 0 Å². The van der Waals surface area contributed by atoms with E-state index in [-0.39, 0.29) is 4.90 Å². The minimum atomic E-state index is -4.12. The van der Waals surface area contributed by atoms with Crippen LogP contribution in [0.2, 0.25) is 0 Å². The molecule has 0 radical (unpaired) electrons. The maximum Gasteiger partial charge on any atom is 0.294 e. The first-order valence-corrected chi connectivity index (χ1v) is 6.30. The molecule has 0 aliphatic heterocycles. The Kier molecular flexibility index (Phi) is 2.48. The van der Waals surface area contributed by atoms with Crippen molar-refractivity contribution in [1.29, 1.82) is 0 Å². The normalized spacial score (nSPS) is 11.9. The molecule has 0 fully saturated rings. The molecule has 84 valence electrons. The van der Waals surface area contributed by atoms with Crippen molar-refractivity contribution in [3.63, 3.8) is 0 Å². The average Bonchev–Trinajstić information content (AvgIpc) is 2.15. The van der Waals surface area contributed by atoms with Gasteiger partial charge in [-0.1, -0.05) is 23.8 Å². The van der Waals surface area contributed by atoms with E-state index in [1.54, 1.807) is 6.07 Å². The Labute approximate surface area is 94.5 Å². The number of fused-ring (bicyclic) bond motifs is 1. The summed E-state index contributed by atoms with van der Waals surface area (Å²) in [6.07, 6.45) is 0. The van der Waals surface area contributed by atoms with Gasteiger partial charge in [0.15, 0.2) is 0 Å². The molecule has 2 rings (SSSR count). The van der Waals surface area contributed by atoms with Crippen molar-refractivity contribution < 1.29 is 13.0 Å². The Morgan fingerprint density at radius 1 is 1.06 bits per heavy atom. The van der Waals surface area contributed by atoms with Crippen LogP contribution in [0.1, 0.15) is 11.1 Å². The lowest BCUT2D eigenvalue weighted by atomic mass is 10.0. The molecule has 2 aromatic carbocycles. The largest absolute Gasteiger partial charge is 0.294 e. The van der Waals surface area contributed by atoms with Crippen molar-refractivity contribution >= 4 is 20.9 Å². The topological polar surface area (TPSA) is 54.4 Å². The van der Waals surface area contributed by atoms with E-state index in [1.165, 1.54) is 12.1 Å². The second-order valence-corrected chi connectivity index (χ2v) is 5.36. The molecular formula is C12H12O3S. The predicted octanol–water partition coefficient (Wildman–Crippen LogP) is 2.70. The lowest BCUT2D eigenvalue weighted by Gasteiger charge is -2.05. The molecule has 0 unspecified atom stereocenters. The van der Waals surface area contributed by atoms with Crippen LogP contribution in [0.4, 0.5) is 0 Å². The highest BCUT2D eigenvalue weighted by Gasteiger charge is 2.10. The van der Waals surface area contributed by atoms with Crippen LogP contribution in [0, 0.1) is 13.8 Å². The van der Waals surface area contributed by atoms with Crippen LogP contribution in [0.25, 0.3) is 10.8 Å². The molecule has 3 nitrogen and oxygen atoms in total. The molecule has 0 heterocycles. The molecule has 1 N–H and O–H groups in total. The van der Waals surface area contributed by atoms with Crippen molar-refractivity contribution in [2.45, 2.75) is 18.7 Å². The van der Waals surface area contributed by atoms with Gasteiger partial charge in [-0.2, -0.15) is 8.42 Å². The van der Waals surface area contributed by atoms with E-state index < -0.39 is 10.1 Å². The Morgan fingerprint density at radius 2 is 1.75 bits per heavy atom. The van der Waals surface area contributed by atoms with Gasteiger partial charge in [-0.3, -0.25) is 4.55 Å². The molecule has 16 heavy (non-hydrogen) atoms. The molecule has 0 aromatic heterocycles. The Bertz CT molecular complexity index is 657. The number of hydrogen-bond acceptors (Lipinski definition) is 2. The quantitative estimate of drug-likeness (QED) is 0.774. The van der Waals surface area contributed by atoms with Crippen molar-refractivity contribution in [1.82, 2.24) is 0 Å². The van der Waals surface area contributed by atoms with Crippen molar-refractivity contribution in [3.8, 4) is 0 Å². The van der Waals surface area contributed by atoms with E-state index in [4.69, 9.17) is 4.55 Å². The summed E-state index contributed by atoms with van der Waals surface area (Å²) < 4.78 is 31.0. The summed E-state index contributed by atoms with van der Waals surface area (Å²) in [6, 6.07) is 8.58. The van der Waals surface area contributed by atoms with Crippen LogP contribution in [0.5, 0.6) is 0 Å². The van der Waals surface area contributed by atoms with Gasteiger partial charge in [0.2, 0.25) is 0 Å². The highest BCUT2D eigenvalue weighted by Crippen LogP contribution is 2.23. The summed E-state index contributed by atoms with van der Waals surface area (Å²) >= 11 is 0. The molecule has 0 aliphatic carbocycles. The Balaban J connectivity index is 2.82. The van der Waals surface area contributed by atoms with E-state index in [9.17, 15) is 8.42 Å². The fourth-order valence-electron chi connectivity index (χ4n) is 1.87. The van der Waals surface area contributed by atoms with Gasteiger partial charge in [-0.15, -0.1) is 0 Å². The monoisotopic (exact) mass is 236 g/mol. The third kappa shape index (κ3) is 1.94. The minimum absolute atomic E-state index is 0.0630. The van der Waals surface area contributed by atoms with E-state index >= 15 is 0 Å². The van der Waals surface area contributed by atoms with Gasteiger partial charge in [0.25, 0.3) is 10.1 Å². The maximum absolute atomic E-state index is 11.0. The first-order chi connectivity index (χ1) is 7.38. The molecule has 0 aliphatic rings. The number of benzene rings is 2. The maximum atomic E-state index is 11.0. The molecule has 0 saturated carbocycles. The van der Waals surface area contributed by atoms with Crippen LogP contribution in [-0.4, -0.2) is 13.0 Å². The molecule has 0 saturated heterocycles. The summed E-state index contributed by atoms with van der Waals surface area (Å²) in [5, 5.41) is 1.82. The lowest BCUT2D eigenvalue weighted by Crippen LogP contribution is -1.97. The standard InChI is InChI=1S/C12H12O3S/c1-8-5-9(2)12-7-11(16(13,14)15)4-3-10(12)6-8/h3-7H,1-2H3,(H,13,14,15). The third-order valence-corrected chi connectivity index (χ3v) is 3.42. The molecular weight excluding hydrogens is 224 g/mol. The summed E-state index contributed by atoms with van der Waals surface area (Å²) in [5.74, 6) is 0. The van der Waals surface area contributed by atoms with E-state index in [0.29, 0.717) is 0 Å². The predicted molar refractivity (Wildman–Crippen MR) is 63.2 cm³/mol. The summed E-state index contributed by atoms with van der Waals surface area (Å²) in [7, 11) is -4.12. The van der Waals surface area contributed by atoms with Gasteiger partial charge in [0, 0.05) is 0 Å². The Morgan fingerprint density at radius 3 is 2.38 bits per heavy atom.